The van der Waals surface area contributed by atoms with Gasteiger partial charge in [0.05, 0.1) is 0 Å². The second kappa shape index (κ2) is 5.86. The monoisotopic (exact) mass is 275 g/mol. The Kier molecular flexibility index (Phi) is 4.64. The summed E-state index contributed by atoms with van der Waals surface area (Å²) in [6.07, 6.45) is 3.96. The molecule has 0 aromatic heterocycles. The number of nitrogens with one attached hydrogen (secondary N) is 1. The van der Waals surface area contributed by atoms with E-state index < -0.39 is 10.2 Å². The Labute approximate surface area is 111 Å². The standard InChI is InChI=1S/C12H25N3O2S/c1-11-4-3-9-15(10-11)18(16,17)14(2)12-5-7-13-8-6-12/h11-13H,3-10H2,1-2H3/t11-/m1/s1. The highest BCUT2D eigenvalue weighted by atomic mass is 32.2. The van der Waals surface area contributed by atoms with E-state index in [4.69, 9.17) is 0 Å². The van der Waals surface area contributed by atoms with Crippen molar-refractivity contribution in [1.29, 1.82) is 0 Å². The van der Waals surface area contributed by atoms with E-state index in [2.05, 4.69) is 12.2 Å². The first-order valence-electron chi connectivity index (χ1n) is 6.95. The predicted octanol–water partition coefficient (Wildman–Crippen LogP) is 0.647. The van der Waals surface area contributed by atoms with Gasteiger partial charge in [0.2, 0.25) is 0 Å². The topological polar surface area (TPSA) is 52.7 Å². The molecule has 0 saturated carbocycles. The summed E-state index contributed by atoms with van der Waals surface area (Å²) in [5, 5.41) is 3.27. The number of hydrogen-bond donors (Lipinski definition) is 1. The number of piperidine rings is 2. The van der Waals surface area contributed by atoms with Crippen molar-refractivity contribution in [3.05, 3.63) is 0 Å². The van der Waals surface area contributed by atoms with Crippen molar-refractivity contribution in [2.24, 2.45) is 5.92 Å². The van der Waals surface area contributed by atoms with E-state index in [0.717, 1.165) is 38.8 Å². The third-order valence-electron chi connectivity index (χ3n) is 4.13. The van der Waals surface area contributed by atoms with Crippen molar-refractivity contribution >= 4 is 10.2 Å². The van der Waals surface area contributed by atoms with Crippen LogP contribution in [0.25, 0.3) is 0 Å². The maximum atomic E-state index is 12.6. The lowest BCUT2D eigenvalue weighted by Gasteiger charge is -2.37. The molecule has 6 heteroatoms. The van der Waals surface area contributed by atoms with Crippen molar-refractivity contribution in [3.63, 3.8) is 0 Å². The molecule has 0 aromatic rings. The minimum absolute atomic E-state index is 0.161. The molecule has 0 radical (unpaired) electrons. The third-order valence-corrected chi connectivity index (χ3v) is 6.14. The molecule has 0 spiro atoms. The van der Waals surface area contributed by atoms with E-state index in [1.165, 1.54) is 0 Å². The average molecular weight is 275 g/mol. The van der Waals surface area contributed by atoms with Gasteiger partial charge in [0, 0.05) is 26.2 Å². The Balaban J connectivity index is 2.04. The van der Waals surface area contributed by atoms with Crippen molar-refractivity contribution in [2.75, 3.05) is 33.2 Å². The number of rotatable bonds is 3. The Hall–Kier alpha value is -0.170. The van der Waals surface area contributed by atoms with Gasteiger partial charge in [-0.15, -0.1) is 0 Å². The van der Waals surface area contributed by atoms with Crippen molar-refractivity contribution in [1.82, 2.24) is 13.9 Å². The largest absolute Gasteiger partial charge is 0.317 e. The fourth-order valence-corrected chi connectivity index (χ4v) is 4.65. The van der Waals surface area contributed by atoms with Gasteiger partial charge in [-0.05, 0) is 44.7 Å². The van der Waals surface area contributed by atoms with Crippen LogP contribution in [0.4, 0.5) is 0 Å². The molecule has 2 aliphatic heterocycles. The van der Waals surface area contributed by atoms with Gasteiger partial charge in [-0.3, -0.25) is 0 Å². The minimum atomic E-state index is -3.26. The van der Waals surface area contributed by atoms with Crippen LogP contribution in [0.15, 0.2) is 0 Å². The molecule has 0 unspecified atom stereocenters. The molecule has 0 aliphatic carbocycles. The SMILES string of the molecule is C[C@@H]1CCCN(S(=O)(=O)N(C)C2CCNCC2)C1. The zero-order chi connectivity index (χ0) is 13.2. The molecule has 2 heterocycles. The fraction of sp³-hybridized carbons (Fsp3) is 1.00. The summed E-state index contributed by atoms with van der Waals surface area (Å²) in [5.41, 5.74) is 0. The molecular formula is C12H25N3O2S. The Morgan fingerprint density at radius 3 is 2.50 bits per heavy atom. The predicted molar refractivity (Wildman–Crippen MR) is 72.5 cm³/mol. The van der Waals surface area contributed by atoms with E-state index in [1.807, 2.05) is 0 Å². The molecule has 1 N–H and O–H groups in total. The summed E-state index contributed by atoms with van der Waals surface area (Å²) in [6.45, 7) is 5.33. The van der Waals surface area contributed by atoms with Gasteiger partial charge in [0.25, 0.3) is 10.2 Å². The first kappa shape index (κ1) is 14.2. The Morgan fingerprint density at radius 2 is 1.89 bits per heavy atom. The lowest BCUT2D eigenvalue weighted by atomic mass is 10.0. The second-order valence-electron chi connectivity index (χ2n) is 5.61. The van der Waals surface area contributed by atoms with Crippen LogP contribution in [-0.2, 0) is 10.2 Å². The first-order valence-corrected chi connectivity index (χ1v) is 8.35. The molecule has 5 nitrogen and oxygen atoms in total. The fourth-order valence-electron chi connectivity index (χ4n) is 2.90. The Bertz CT molecular complexity index is 366. The number of nitrogens with zero attached hydrogens (tertiary/aromatic N) is 2. The van der Waals surface area contributed by atoms with Crippen molar-refractivity contribution in [2.45, 2.75) is 38.6 Å². The van der Waals surface area contributed by atoms with Crippen LogP contribution in [0.5, 0.6) is 0 Å². The molecule has 0 bridgehead atoms. The minimum Gasteiger partial charge on any atom is -0.317 e. The molecule has 1 atom stereocenters. The summed E-state index contributed by atoms with van der Waals surface area (Å²) in [4.78, 5) is 0. The highest BCUT2D eigenvalue weighted by Gasteiger charge is 2.34. The number of hydrogen-bond acceptors (Lipinski definition) is 3. The van der Waals surface area contributed by atoms with E-state index in [1.54, 1.807) is 15.7 Å². The third kappa shape index (κ3) is 3.04. The Morgan fingerprint density at radius 1 is 1.22 bits per heavy atom. The summed E-state index contributed by atoms with van der Waals surface area (Å²) >= 11 is 0. The van der Waals surface area contributed by atoms with E-state index in [0.29, 0.717) is 19.0 Å². The van der Waals surface area contributed by atoms with Crippen LogP contribution in [0.3, 0.4) is 0 Å². The molecule has 2 saturated heterocycles. The quantitative estimate of drug-likeness (QED) is 0.823. The normalized spacial score (nSPS) is 28.7. The van der Waals surface area contributed by atoms with Gasteiger partial charge in [0.1, 0.15) is 0 Å². The molecular weight excluding hydrogens is 250 g/mol. The summed E-state index contributed by atoms with van der Waals surface area (Å²) in [5.74, 6) is 0.481. The van der Waals surface area contributed by atoms with Gasteiger partial charge < -0.3 is 5.32 Å². The van der Waals surface area contributed by atoms with Gasteiger partial charge in [0.15, 0.2) is 0 Å². The van der Waals surface area contributed by atoms with Gasteiger partial charge in [-0.25, -0.2) is 0 Å². The first-order chi connectivity index (χ1) is 8.51. The van der Waals surface area contributed by atoms with Gasteiger partial charge >= 0.3 is 0 Å². The molecule has 2 fully saturated rings. The zero-order valence-electron chi connectivity index (χ0n) is 11.4. The van der Waals surface area contributed by atoms with E-state index >= 15 is 0 Å². The lowest BCUT2D eigenvalue weighted by molar-refractivity contribution is 0.236. The van der Waals surface area contributed by atoms with Gasteiger partial charge in [-0.1, -0.05) is 6.92 Å². The second-order valence-corrected chi connectivity index (χ2v) is 7.60. The highest BCUT2D eigenvalue weighted by Crippen LogP contribution is 2.22. The van der Waals surface area contributed by atoms with Crippen LogP contribution in [0.2, 0.25) is 0 Å². The molecule has 0 amide bonds. The van der Waals surface area contributed by atoms with E-state index in [-0.39, 0.29) is 6.04 Å². The molecule has 2 rings (SSSR count). The van der Waals surface area contributed by atoms with Gasteiger partial charge in [-0.2, -0.15) is 17.0 Å². The maximum Gasteiger partial charge on any atom is 0.281 e. The average Bonchev–Trinajstić information content (AvgIpc) is 2.39. The summed E-state index contributed by atoms with van der Waals surface area (Å²) in [6, 6.07) is 0.161. The van der Waals surface area contributed by atoms with Crippen LogP contribution in [0, 0.1) is 5.92 Å². The van der Waals surface area contributed by atoms with Crippen LogP contribution in [-0.4, -0.2) is 56.3 Å². The lowest BCUT2D eigenvalue weighted by Crippen LogP contribution is -2.51. The summed E-state index contributed by atoms with van der Waals surface area (Å²) < 4.78 is 28.4. The van der Waals surface area contributed by atoms with Crippen LogP contribution in [0.1, 0.15) is 32.6 Å². The smallest absolute Gasteiger partial charge is 0.281 e. The summed E-state index contributed by atoms with van der Waals surface area (Å²) in [7, 11) is -1.52. The van der Waals surface area contributed by atoms with Crippen molar-refractivity contribution < 1.29 is 8.42 Å². The molecule has 2 aliphatic rings. The van der Waals surface area contributed by atoms with E-state index in [9.17, 15) is 8.42 Å². The maximum absolute atomic E-state index is 12.6. The van der Waals surface area contributed by atoms with Crippen LogP contribution >= 0.6 is 0 Å². The molecule has 106 valence electrons. The van der Waals surface area contributed by atoms with Crippen molar-refractivity contribution in [3.8, 4) is 0 Å². The molecule has 0 aromatic carbocycles. The zero-order valence-corrected chi connectivity index (χ0v) is 12.2. The molecule has 18 heavy (non-hydrogen) atoms. The highest BCUT2D eigenvalue weighted by molar-refractivity contribution is 7.86. The van der Waals surface area contributed by atoms with Crippen LogP contribution < -0.4 is 5.32 Å².